The molecule has 2 heteroatoms. The highest BCUT2D eigenvalue weighted by Crippen LogP contribution is 2.33. The maximum atomic E-state index is 13.7. The first kappa shape index (κ1) is 8.98. The monoisotopic (exact) mass is 160 g/mol. The van der Waals surface area contributed by atoms with Crippen LogP contribution in [0.3, 0.4) is 0 Å². The summed E-state index contributed by atoms with van der Waals surface area (Å²) in [5.41, 5.74) is -1.28. The van der Waals surface area contributed by atoms with E-state index in [1.54, 1.807) is 6.92 Å². The lowest BCUT2D eigenvalue weighted by molar-refractivity contribution is -0.00831. The zero-order chi connectivity index (χ0) is 8.32. The molecule has 1 atom stereocenters. The minimum Gasteiger partial charge on any atom is -0.390 e. The van der Waals surface area contributed by atoms with E-state index in [9.17, 15) is 9.50 Å². The fourth-order valence-corrected chi connectivity index (χ4v) is 1.73. The van der Waals surface area contributed by atoms with Crippen molar-refractivity contribution in [1.82, 2.24) is 0 Å². The minimum absolute atomic E-state index is 0.546. The molecule has 1 N–H and O–H groups in total. The van der Waals surface area contributed by atoms with E-state index in [1.807, 2.05) is 0 Å². The molecule has 1 aliphatic carbocycles. The predicted molar refractivity (Wildman–Crippen MR) is 43.2 cm³/mol. The molecule has 1 nitrogen and oxygen atoms in total. The van der Waals surface area contributed by atoms with Gasteiger partial charge in [-0.15, -0.1) is 0 Å². The van der Waals surface area contributed by atoms with Crippen LogP contribution in [0.1, 0.15) is 45.4 Å². The van der Waals surface area contributed by atoms with E-state index < -0.39 is 11.8 Å². The maximum absolute atomic E-state index is 13.7. The average molecular weight is 160 g/mol. The van der Waals surface area contributed by atoms with Crippen LogP contribution in [0, 0.1) is 0 Å². The molecule has 1 rings (SSSR count). The van der Waals surface area contributed by atoms with Gasteiger partial charge >= 0.3 is 0 Å². The Hall–Kier alpha value is -0.110. The first-order valence-corrected chi connectivity index (χ1v) is 4.52. The Morgan fingerprint density at radius 3 is 2.00 bits per heavy atom. The molecule has 1 aliphatic rings. The van der Waals surface area contributed by atoms with E-state index in [1.165, 1.54) is 0 Å². The van der Waals surface area contributed by atoms with Gasteiger partial charge in [-0.1, -0.05) is 25.7 Å². The Kier molecular flexibility index (Phi) is 2.88. The van der Waals surface area contributed by atoms with Crippen LogP contribution < -0.4 is 0 Å². The van der Waals surface area contributed by atoms with Crippen molar-refractivity contribution < 1.29 is 9.50 Å². The summed E-state index contributed by atoms with van der Waals surface area (Å²) < 4.78 is 13.7. The number of aliphatic hydroxyl groups excluding tert-OH is 1. The molecule has 0 spiro atoms. The second-order valence-electron chi connectivity index (χ2n) is 3.62. The first-order chi connectivity index (χ1) is 5.15. The summed E-state index contributed by atoms with van der Waals surface area (Å²) in [6.07, 6.45) is 4.41. The zero-order valence-electron chi connectivity index (χ0n) is 7.15. The Morgan fingerprint density at radius 1 is 1.18 bits per heavy atom. The third-order valence-corrected chi connectivity index (χ3v) is 2.68. The molecular weight excluding hydrogens is 143 g/mol. The third-order valence-electron chi connectivity index (χ3n) is 2.68. The van der Waals surface area contributed by atoms with Gasteiger partial charge in [-0.2, -0.15) is 0 Å². The highest BCUT2D eigenvalue weighted by molar-refractivity contribution is 4.86. The van der Waals surface area contributed by atoms with Gasteiger partial charge in [-0.25, -0.2) is 4.39 Å². The van der Waals surface area contributed by atoms with Crippen LogP contribution in [-0.4, -0.2) is 16.9 Å². The quantitative estimate of drug-likeness (QED) is 0.584. The van der Waals surface area contributed by atoms with Crippen LogP contribution in [0.2, 0.25) is 0 Å². The van der Waals surface area contributed by atoms with Crippen LogP contribution in [0.4, 0.5) is 4.39 Å². The van der Waals surface area contributed by atoms with E-state index in [0.717, 1.165) is 25.7 Å². The summed E-state index contributed by atoms with van der Waals surface area (Å²) in [6, 6.07) is 0. The van der Waals surface area contributed by atoms with E-state index >= 15 is 0 Å². The van der Waals surface area contributed by atoms with Gasteiger partial charge in [0.25, 0.3) is 0 Å². The van der Waals surface area contributed by atoms with Gasteiger partial charge in [0.1, 0.15) is 5.67 Å². The van der Waals surface area contributed by atoms with Gasteiger partial charge in [-0.3, -0.25) is 0 Å². The Balaban J connectivity index is 2.52. The van der Waals surface area contributed by atoms with Crippen molar-refractivity contribution in [3.05, 3.63) is 0 Å². The van der Waals surface area contributed by atoms with E-state index in [4.69, 9.17) is 0 Å². The molecule has 0 saturated heterocycles. The SMILES string of the molecule is CC(O)C1(F)CCCCCC1. The van der Waals surface area contributed by atoms with E-state index in [2.05, 4.69) is 0 Å². The molecule has 0 amide bonds. The van der Waals surface area contributed by atoms with Crippen molar-refractivity contribution in [3.63, 3.8) is 0 Å². The Morgan fingerprint density at radius 2 is 1.64 bits per heavy atom. The predicted octanol–water partition coefficient (Wildman–Crippen LogP) is 2.43. The fraction of sp³-hybridized carbons (Fsp3) is 1.00. The summed E-state index contributed by atoms with van der Waals surface area (Å²) in [6.45, 7) is 1.56. The maximum Gasteiger partial charge on any atom is 0.136 e. The van der Waals surface area contributed by atoms with Gasteiger partial charge in [0.15, 0.2) is 0 Å². The molecule has 0 heterocycles. The van der Waals surface area contributed by atoms with Gasteiger partial charge < -0.3 is 5.11 Å². The summed E-state index contributed by atoms with van der Waals surface area (Å²) >= 11 is 0. The smallest absolute Gasteiger partial charge is 0.136 e. The average Bonchev–Trinajstić information content (AvgIpc) is 2.15. The van der Waals surface area contributed by atoms with Gasteiger partial charge in [0, 0.05) is 0 Å². The molecule has 1 saturated carbocycles. The lowest BCUT2D eigenvalue weighted by Gasteiger charge is -2.26. The molecule has 1 unspecified atom stereocenters. The molecule has 66 valence electrons. The second kappa shape index (κ2) is 3.53. The highest BCUT2D eigenvalue weighted by atomic mass is 19.1. The molecule has 0 bridgehead atoms. The summed E-state index contributed by atoms with van der Waals surface area (Å²) in [7, 11) is 0. The Labute approximate surface area is 67.6 Å². The topological polar surface area (TPSA) is 20.2 Å². The molecular formula is C9H17FO. The fourth-order valence-electron chi connectivity index (χ4n) is 1.73. The molecule has 0 aromatic rings. The summed E-state index contributed by atoms with van der Waals surface area (Å²) in [4.78, 5) is 0. The van der Waals surface area contributed by atoms with Crippen LogP contribution in [0.15, 0.2) is 0 Å². The van der Waals surface area contributed by atoms with E-state index in [0.29, 0.717) is 12.8 Å². The second-order valence-corrected chi connectivity index (χ2v) is 3.62. The molecule has 0 aromatic heterocycles. The van der Waals surface area contributed by atoms with Crippen molar-refractivity contribution in [1.29, 1.82) is 0 Å². The zero-order valence-corrected chi connectivity index (χ0v) is 7.15. The Bertz CT molecular complexity index is 115. The van der Waals surface area contributed by atoms with Crippen LogP contribution >= 0.6 is 0 Å². The standard InChI is InChI=1S/C9H17FO/c1-8(11)9(10)6-4-2-3-5-7-9/h8,11H,2-7H2,1H3. The van der Waals surface area contributed by atoms with Crippen molar-refractivity contribution in [3.8, 4) is 0 Å². The number of aliphatic hydroxyl groups is 1. The van der Waals surface area contributed by atoms with Crippen LogP contribution in [-0.2, 0) is 0 Å². The molecule has 0 aromatic carbocycles. The molecule has 11 heavy (non-hydrogen) atoms. The number of hydrogen-bond acceptors (Lipinski definition) is 1. The normalized spacial score (nSPS) is 27.5. The summed E-state index contributed by atoms with van der Waals surface area (Å²) in [5, 5.41) is 9.19. The number of halogens is 1. The van der Waals surface area contributed by atoms with Gasteiger partial charge in [0.2, 0.25) is 0 Å². The summed E-state index contributed by atoms with van der Waals surface area (Å²) in [5.74, 6) is 0. The molecule has 1 fully saturated rings. The number of rotatable bonds is 1. The lowest BCUT2D eigenvalue weighted by atomic mass is 9.91. The van der Waals surface area contributed by atoms with E-state index in [-0.39, 0.29) is 0 Å². The van der Waals surface area contributed by atoms with Gasteiger partial charge in [0.05, 0.1) is 6.10 Å². The van der Waals surface area contributed by atoms with Crippen molar-refractivity contribution in [2.45, 2.75) is 57.2 Å². The third kappa shape index (κ3) is 2.16. The molecule has 0 radical (unpaired) electrons. The lowest BCUT2D eigenvalue weighted by Crippen LogP contribution is -2.35. The van der Waals surface area contributed by atoms with Crippen LogP contribution in [0.25, 0.3) is 0 Å². The minimum atomic E-state index is -1.28. The van der Waals surface area contributed by atoms with Crippen molar-refractivity contribution in [2.75, 3.05) is 0 Å². The van der Waals surface area contributed by atoms with Gasteiger partial charge in [-0.05, 0) is 19.8 Å². The number of alkyl halides is 1. The largest absolute Gasteiger partial charge is 0.390 e. The van der Waals surface area contributed by atoms with Crippen LogP contribution in [0.5, 0.6) is 0 Å². The first-order valence-electron chi connectivity index (χ1n) is 4.52. The highest BCUT2D eigenvalue weighted by Gasteiger charge is 2.35. The van der Waals surface area contributed by atoms with Crippen molar-refractivity contribution >= 4 is 0 Å². The molecule has 0 aliphatic heterocycles. The van der Waals surface area contributed by atoms with Crippen molar-refractivity contribution in [2.24, 2.45) is 0 Å². The number of hydrogen-bond donors (Lipinski definition) is 1.